The number of nitrogens with one attached hydrogen (secondary N) is 1. The van der Waals surface area contributed by atoms with E-state index in [0.717, 1.165) is 27.9 Å². The molecule has 0 atom stereocenters. The molecule has 0 aliphatic carbocycles. The highest BCUT2D eigenvalue weighted by Gasteiger charge is 2.11. The van der Waals surface area contributed by atoms with Crippen molar-refractivity contribution >= 4 is 11.3 Å². The molecule has 0 bridgehead atoms. The number of rotatable bonds is 6. The Morgan fingerprint density at radius 1 is 1.47 bits per heavy atom. The van der Waals surface area contributed by atoms with Crippen LogP contribution in [0.3, 0.4) is 0 Å². The van der Waals surface area contributed by atoms with Gasteiger partial charge in [0.1, 0.15) is 10.8 Å². The zero-order valence-corrected chi connectivity index (χ0v) is 10.6. The lowest BCUT2D eigenvalue weighted by atomic mass is 10.3. The molecule has 17 heavy (non-hydrogen) atoms. The number of nitrogens with zero attached hydrogens (tertiary/aromatic N) is 3. The van der Waals surface area contributed by atoms with Gasteiger partial charge in [0.15, 0.2) is 5.01 Å². The van der Waals surface area contributed by atoms with Gasteiger partial charge in [-0.1, -0.05) is 16.5 Å². The van der Waals surface area contributed by atoms with Gasteiger partial charge >= 0.3 is 0 Å². The summed E-state index contributed by atoms with van der Waals surface area (Å²) >= 11 is 1.54. The lowest BCUT2D eigenvalue weighted by Crippen LogP contribution is -2.18. The zero-order chi connectivity index (χ0) is 12.1. The number of hydrogen-bond donors (Lipinski definition) is 1. The van der Waals surface area contributed by atoms with Crippen LogP contribution in [0.1, 0.15) is 10.8 Å². The van der Waals surface area contributed by atoms with E-state index in [9.17, 15) is 0 Å². The van der Waals surface area contributed by atoms with Crippen molar-refractivity contribution in [3.8, 4) is 10.6 Å². The van der Waals surface area contributed by atoms with E-state index in [0.29, 0.717) is 13.2 Å². The van der Waals surface area contributed by atoms with E-state index in [4.69, 9.17) is 9.26 Å². The fraction of sp³-hybridized carbons (Fsp3) is 0.500. The lowest BCUT2D eigenvalue weighted by molar-refractivity contribution is 0.199. The van der Waals surface area contributed by atoms with Gasteiger partial charge in [0.25, 0.3) is 0 Å². The normalized spacial score (nSPS) is 10.9. The van der Waals surface area contributed by atoms with Crippen molar-refractivity contribution in [1.29, 1.82) is 0 Å². The molecule has 0 unspecified atom stereocenters. The van der Waals surface area contributed by atoms with E-state index >= 15 is 0 Å². The fourth-order valence-corrected chi connectivity index (χ4v) is 2.17. The third kappa shape index (κ3) is 3.09. The highest BCUT2D eigenvalue weighted by atomic mass is 32.1. The third-order valence-corrected chi connectivity index (χ3v) is 3.16. The van der Waals surface area contributed by atoms with Crippen LogP contribution in [0.15, 0.2) is 10.7 Å². The van der Waals surface area contributed by atoms with Crippen molar-refractivity contribution in [1.82, 2.24) is 20.7 Å². The van der Waals surface area contributed by atoms with Crippen LogP contribution in [0, 0.1) is 6.92 Å². The van der Waals surface area contributed by atoms with E-state index in [1.165, 1.54) is 11.3 Å². The minimum atomic E-state index is 0.691. The Labute approximate surface area is 103 Å². The molecule has 2 aromatic heterocycles. The quantitative estimate of drug-likeness (QED) is 0.782. The van der Waals surface area contributed by atoms with Crippen LogP contribution in [-0.4, -0.2) is 35.6 Å². The van der Waals surface area contributed by atoms with Crippen LogP contribution in [0.25, 0.3) is 10.6 Å². The summed E-state index contributed by atoms with van der Waals surface area (Å²) in [5.74, 6) is 0.764. The molecule has 0 spiro atoms. The molecule has 1 N–H and O–H groups in total. The predicted molar refractivity (Wildman–Crippen MR) is 63.7 cm³/mol. The van der Waals surface area contributed by atoms with Crippen molar-refractivity contribution < 1.29 is 9.26 Å². The molecule has 2 rings (SSSR count). The second-order valence-corrected chi connectivity index (χ2v) is 4.53. The monoisotopic (exact) mass is 254 g/mol. The Morgan fingerprint density at radius 2 is 2.35 bits per heavy atom. The summed E-state index contributed by atoms with van der Waals surface area (Å²) in [7, 11) is 1.68. The number of methoxy groups -OCH3 is 1. The van der Waals surface area contributed by atoms with Gasteiger partial charge in [-0.2, -0.15) is 0 Å². The van der Waals surface area contributed by atoms with Crippen LogP contribution in [0.5, 0.6) is 0 Å². The number of aryl methyl sites for hydroxylation is 1. The molecule has 2 heterocycles. The van der Waals surface area contributed by atoms with Crippen molar-refractivity contribution in [2.75, 3.05) is 20.3 Å². The number of aromatic nitrogens is 3. The zero-order valence-electron chi connectivity index (χ0n) is 9.77. The molecule has 0 radical (unpaired) electrons. The van der Waals surface area contributed by atoms with Gasteiger partial charge in [-0.3, -0.25) is 0 Å². The first-order valence-electron chi connectivity index (χ1n) is 5.25. The summed E-state index contributed by atoms with van der Waals surface area (Å²) in [5, 5.41) is 16.9. The largest absolute Gasteiger partial charge is 0.383 e. The smallest absolute Gasteiger partial charge is 0.153 e. The molecule has 0 aromatic carbocycles. The topological polar surface area (TPSA) is 73.1 Å². The van der Waals surface area contributed by atoms with Crippen LogP contribution >= 0.6 is 11.3 Å². The van der Waals surface area contributed by atoms with Gasteiger partial charge in [0.05, 0.1) is 18.4 Å². The van der Waals surface area contributed by atoms with Crippen molar-refractivity contribution in [3.05, 3.63) is 17.0 Å². The van der Waals surface area contributed by atoms with Crippen LogP contribution in [0.4, 0.5) is 0 Å². The van der Waals surface area contributed by atoms with Crippen LogP contribution < -0.4 is 5.32 Å². The Morgan fingerprint density at radius 3 is 3.06 bits per heavy atom. The summed E-state index contributed by atoms with van der Waals surface area (Å²) in [6, 6.07) is 0. The molecule has 0 fully saturated rings. The maximum Gasteiger partial charge on any atom is 0.153 e. The van der Waals surface area contributed by atoms with E-state index in [1.54, 1.807) is 13.3 Å². The Balaban J connectivity index is 1.95. The van der Waals surface area contributed by atoms with Crippen LogP contribution in [-0.2, 0) is 11.3 Å². The van der Waals surface area contributed by atoms with Crippen molar-refractivity contribution in [2.24, 2.45) is 0 Å². The Hall–Kier alpha value is -1.31. The molecule has 0 aliphatic heterocycles. The highest BCUT2D eigenvalue weighted by molar-refractivity contribution is 7.14. The van der Waals surface area contributed by atoms with E-state index in [1.807, 2.05) is 6.92 Å². The summed E-state index contributed by atoms with van der Waals surface area (Å²) in [4.78, 5) is 0. The van der Waals surface area contributed by atoms with Crippen molar-refractivity contribution in [3.63, 3.8) is 0 Å². The van der Waals surface area contributed by atoms with Gasteiger partial charge in [0.2, 0.25) is 0 Å². The van der Waals surface area contributed by atoms with Gasteiger partial charge in [-0.15, -0.1) is 10.2 Å². The SMILES string of the molecule is COCCNCc1nnc(-c2cnoc2C)s1. The minimum absolute atomic E-state index is 0.691. The molecule has 92 valence electrons. The van der Waals surface area contributed by atoms with Gasteiger partial charge in [-0.25, -0.2) is 0 Å². The molecule has 6 nitrogen and oxygen atoms in total. The molecular formula is C10H14N4O2S. The maximum absolute atomic E-state index is 5.00. The average Bonchev–Trinajstić information content (AvgIpc) is 2.93. The molecule has 0 amide bonds. The van der Waals surface area contributed by atoms with E-state index < -0.39 is 0 Å². The molecule has 0 saturated carbocycles. The van der Waals surface area contributed by atoms with Crippen LogP contribution in [0.2, 0.25) is 0 Å². The number of hydrogen-bond acceptors (Lipinski definition) is 7. The standard InChI is InChI=1S/C10H14N4O2S/c1-7-8(5-12-16-7)10-14-13-9(17-10)6-11-3-4-15-2/h5,11H,3-4,6H2,1-2H3. The average molecular weight is 254 g/mol. The Bertz CT molecular complexity index is 468. The van der Waals surface area contributed by atoms with Crippen molar-refractivity contribution in [2.45, 2.75) is 13.5 Å². The first-order valence-corrected chi connectivity index (χ1v) is 6.06. The van der Waals surface area contributed by atoms with E-state index in [2.05, 4.69) is 20.7 Å². The summed E-state index contributed by atoms with van der Waals surface area (Å²) in [6.45, 7) is 4.06. The minimum Gasteiger partial charge on any atom is -0.383 e. The predicted octanol–water partition coefficient (Wildman–Crippen LogP) is 1.24. The maximum atomic E-state index is 5.00. The first-order chi connectivity index (χ1) is 8.31. The molecular weight excluding hydrogens is 240 g/mol. The van der Waals surface area contributed by atoms with Gasteiger partial charge < -0.3 is 14.6 Å². The molecule has 0 saturated heterocycles. The highest BCUT2D eigenvalue weighted by Crippen LogP contribution is 2.25. The number of ether oxygens (including phenoxy) is 1. The van der Waals surface area contributed by atoms with E-state index in [-0.39, 0.29) is 0 Å². The summed E-state index contributed by atoms with van der Waals surface area (Å²) in [5.41, 5.74) is 0.908. The second kappa shape index (κ2) is 5.85. The third-order valence-electron chi connectivity index (χ3n) is 2.21. The fourth-order valence-electron chi connectivity index (χ4n) is 1.31. The van der Waals surface area contributed by atoms with Gasteiger partial charge in [-0.05, 0) is 6.92 Å². The first kappa shape index (κ1) is 12.2. The molecule has 0 aliphatic rings. The molecule has 7 heteroatoms. The summed E-state index contributed by atoms with van der Waals surface area (Å²) < 4.78 is 9.94. The molecule has 2 aromatic rings. The van der Waals surface area contributed by atoms with Gasteiger partial charge in [0, 0.05) is 20.2 Å². The second-order valence-electron chi connectivity index (χ2n) is 3.47. The Kier molecular flexibility index (Phi) is 4.18. The summed E-state index contributed by atoms with van der Waals surface area (Å²) in [6.07, 6.45) is 1.66. The lowest BCUT2D eigenvalue weighted by Gasteiger charge is -1.99.